The lowest BCUT2D eigenvalue weighted by Crippen LogP contribution is -2.40. The van der Waals surface area contributed by atoms with Crippen LogP contribution < -0.4 is 0 Å². The molecule has 0 heterocycles. The van der Waals surface area contributed by atoms with Crippen molar-refractivity contribution in [3.8, 4) is 0 Å². The molecule has 0 N–H and O–H groups in total. The maximum absolute atomic E-state index is 6.33. The summed E-state index contributed by atoms with van der Waals surface area (Å²) in [5.74, 6) is 0. The fourth-order valence-electron chi connectivity index (χ4n) is 3.87. The van der Waals surface area contributed by atoms with Gasteiger partial charge in [0.15, 0.2) is 0 Å². The van der Waals surface area contributed by atoms with E-state index in [1.165, 1.54) is 11.1 Å². The fraction of sp³-hybridized carbons (Fsp3) is 0.500. The molecule has 2 nitrogen and oxygen atoms in total. The van der Waals surface area contributed by atoms with Crippen LogP contribution in [0.3, 0.4) is 0 Å². The Morgan fingerprint density at radius 1 is 0.656 bits per heavy atom. The van der Waals surface area contributed by atoms with Crippen LogP contribution in [0.2, 0.25) is 13.1 Å². The van der Waals surface area contributed by atoms with Gasteiger partial charge in [0, 0.05) is 0 Å². The van der Waals surface area contributed by atoms with Crippen molar-refractivity contribution < 1.29 is 8.85 Å². The first-order valence-electron chi connectivity index (χ1n) is 11.3. The van der Waals surface area contributed by atoms with Gasteiger partial charge in [0.2, 0.25) is 19.5 Å². The Balaban J connectivity index is 2.52. The Bertz CT molecular complexity index is 863. The van der Waals surface area contributed by atoms with Gasteiger partial charge in [-0.15, -0.1) is 0 Å². The van der Waals surface area contributed by atoms with E-state index in [-0.39, 0.29) is 22.0 Å². The van der Waals surface area contributed by atoms with Gasteiger partial charge < -0.3 is 8.85 Å². The van der Waals surface area contributed by atoms with E-state index in [1.54, 1.807) is 0 Å². The average Bonchev–Trinajstić information content (AvgIpc) is 2.72. The molecule has 2 aromatic carbocycles. The summed E-state index contributed by atoms with van der Waals surface area (Å²) >= 11 is 0. The Morgan fingerprint density at radius 3 is 1.28 bits per heavy atom. The van der Waals surface area contributed by atoms with Crippen molar-refractivity contribution >= 4 is 25.1 Å². The highest BCUT2D eigenvalue weighted by Gasteiger charge is 2.41. The molecule has 2 rings (SSSR count). The predicted octanol–water partition coefficient (Wildman–Crippen LogP) is 7.64. The summed E-state index contributed by atoms with van der Waals surface area (Å²) in [5, 5.41) is 0. The molecule has 0 amide bonds. The molecule has 2 atom stereocenters. The van der Waals surface area contributed by atoms with Crippen molar-refractivity contribution in [3.05, 3.63) is 77.4 Å². The zero-order chi connectivity index (χ0) is 24.4. The Labute approximate surface area is 201 Å². The molecule has 0 aliphatic rings. The molecule has 2 aromatic rings. The van der Waals surface area contributed by atoms with Crippen molar-refractivity contribution in [2.45, 2.75) is 79.7 Å². The fourth-order valence-corrected chi connectivity index (χ4v) is 5.54. The van der Waals surface area contributed by atoms with Crippen molar-refractivity contribution in [3.63, 3.8) is 0 Å². The molecule has 0 fully saturated rings. The highest BCUT2D eigenvalue weighted by Crippen LogP contribution is 2.44. The number of hydrogen-bond acceptors (Lipinski definition) is 2. The summed E-state index contributed by atoms with van der Waals surface area (Å²) in [5.41, 5.74) is 4.79. The van der Waals surface area contributed by atoms with E-state index in [0.29, 0.717) is 19.5 Å². The van der Waals surface area contributed by atoms with Crippen LogP contribution in [0.1, 0.15) is 77.6 Å². The smallest absolute Gasteiger partial charge is 0.227 e. The summed E-state index contributed by atoms with van der Waals surface area (Å²) in [4.78, 5) is 0. The quantitative estimate of drug-likeness (QED) is 0.374. The molecular formula is C28H40O2Si2. The monoisotopic (exact) mass is 464 g/mol. The first-order chi connectivity index (χ1) is 14.7. The summed E-state index contributed by atoms with van der Waals surface area (Å²) < 4.78 is 12.7. The molecule has 0 saturated heterocycles. The molecule has 4 heteroatoms. The minimum atomic E-state index is -0.376. The van der Waals surface area contributed by atoms with Gasteiger partial charge >= 0.3 is 0 Å². The minimum Gasteiger partial charge on any atom is -0.408 e. The maximum Gasteiger partial charge on any atom is 0.227 e. The molecule has 0 saturated carbocycles. The van der Waals surface area contributed by atoms with Crippen LogP contribution in [-0.2, 0) is 20.1 Å². The van der Waals surface area contributed by atoms with Gasteiger partial charge in [-0.25, -0.2) is 0 Å². The highest BCUT2D eigenvalue weighted by atomic mass is 28.2. The normalized spacial score (nSPS) is 16.3. The first-order valence-corrected chi connectivity index (χ1v) is 14.1. The summed E-state index contributed by atoms with van der Waals surface area (Å²) in [6.45, 7) is 26.5. The van der Waals surface area contributed by atoms with E-state index in [0.717, 1.165) is 16.7 Å². The van der Waals surface area contributed by atoms with Crippen LogP contribution in [0.25, 0.3) is 5.57 Å². The van der Waals surface area contributed by atoms with Crippen molar-refractivity contribution in [1.82, 2.24) is 0 Å². The highest BCUT2D eigenvalue weighted by molar-refractivity contribution is 6.25. The molecule has 2 unspecified atom stereocenters. The summed E-state index contributed by atoms with van der Waals surface area (Å²) in [6.07, 6.45) is 0. The van der Waals surface area contributed by atoms with Gasteiger partial charge in [-0.05, 0) is 77.7 Å². The summed E-state index contributed by atoms with van der Waals surface area (Å²) in [6, 6.07) is 17.3. The summed E-state index contributed by atoms with van der Waals surface area (Å²) in [7, 11) is 0.845. The third kappa shape index (κ3) is 5.19. The lowest BCUT2D eigenvalue weighted by molar-refractivity contribution is -0.0190. The van der Waals surface area contributed by atoms with Gasteiger partial charge in [-0.3, -0.25) is 0 Å². The Hall–Kier alpha value is -1.47. The second-order valence-electron chi connectivity index (χ2n) is 10.8. The van der Waals surface area contributed by atoms with Crippen molar-refractivity contribution in [1.29, 1.82) is 0 Å². The number of hydrogen-bond donors (Lipinski definition) is 0. The van der Waals surface area contributed by atoms with Crippen LogP contribution in [0, 0.1) is 10.8 Å². The molecule has 172 valence electrons. The zero-order valence-electron chi connectivity index (χ0n) is 21.6. The van der Waals surface area contributed by atoms with Crippen LogP contribution >= 0.6 is 0 Å². The third-order valence-electron chi connectivity index (χ3n) is 7.00. The lowest BCUT2D eigenvalue weighted by atomic mass is 9.72. The molecule has 32 heavy (non-hydrogen) atoms. The van der Waals surface area contributed by atoms with Gasteiger partial charge in [0.05, 0.1) is 11.2 Å². The van der Waals surface area contributed by atoms with Crippen molar-refractivity contribution in [2.24, 2.45) is 10.8 Å². The molecule has 0 spiro atoms. The zero-order valence-corrected chi connectivity index (χ0v) is 23.6. The SMILES string of the molecule is C=C(c1cccc(C(C)(O[Si]C)C(C)(C)C)c1)c1cccc(C(C)(O[Si]C)C(C)(C)C)c1. The van der Waals surface area contributed by atoms with Gasteiger partial charge in [-0.2, -0.15) is 0 Å². The second-order valence-corrected chi connectivity index (χ2v) is 12.0. The van der Waals surface area contributed by atoms with Gasteiger partial charge in [0.1, 0.15) is 0 Å². The van der Waals surface area contributed by atoms with E-state index in [1.807, 2.05) is 0 Å². The molecule has 0 aliphatic heterocycles. The predicted molar refractivity (Wildman–Crippen MR) is 140 cm³/mol. The molecule has 4 radical (unpaired) electrons. The van der Waals surface area contributed by atoms with Gasteiger partial charge in [-0.1, -0.05) is 84.5 Å². The van der Waals surface area contributed by atoms with E-state index in [4.69, 9.17) is 8.85 Å². The van der Waals surface area contributed by atoms with Crippen LogP contribution in [0.4, 0.5) is 0 Å². The Kier molecular flexibility index (Phi) is 8.20. The van der Waals surface area contributed by atoms with Crippen LogP contribution in [0.5, 0.6) is 0 Å². The van der Waals surface area contributed by atoms with Crippen LogP contribution in [-0.4, -0.2) is 19.5 Å². The Morgan fingerprint density at radius 2 is 1.00 bits per heavy atom. The third-order valence-corrected chi connectivity index (χ3v) is 8.22. The molecular weight excluding hydrogens is 424 g/mol. The second kappa shape index (κ2) is 9.80. The van der Waals surface area contributed by atoms with Crippen molar-refractivity contribution in [2.75, 3.05) is 0 Å². The van der Waals surface area contributed by atoms with E-state index < -0.39 is 0 Å². The molecule has 0 aromatic heterocycles. The molecule has 0 aliphatic carbocycles. The average molecular weight is 465 g/mol. The van der Waals surface area contributed by atoms with E-state index in [2.05, 4.69) is 124 Å². The van der Waals surface area contributed by atoms with Crippen LogP contribution in [0.15, 0.2) is 55.1 Å². The minimum absolute atomic E-state index is 0.0390. The topological polar surface area (TPSA) is 18.5 Å². The van der Waals surface area contributed by atoms with E-state index in [9.17, 15) is 0 Å². The first kappa shape index (κ1) is 26.8. The lowest BCUT2D eigenvalue weighted by Gasteiger charge is -2.43. The number of rotatable bonds is 8. The largest absolute Gasteiger partial charge is 0.408 e. The maximum atomic E-state index is 6.33. The van der Waals surface area contributed by atoms with Gasteiger partial charge in [0.25, 0.3) is 0 Å². The number of benzene rings is 2. The van der Waals surface area contributed by atoms with E-state index >= 15 is 0 Å². The standard InChI is InChI=1S/C28H40O2Si2/c1-20(21-14-12-16-23(18-21)27(8,29-31-10)25(2,3)4)22-15-13-17-24(19-22)28(9,30-32-11)26(5,6)7/h12-19H,1H2,2-11H3. The molecule has 0 bridgehead atoms.